The molecule has 4 N–H and O–H groups in total. The van der Waals surface area contributed by atoms with E-state index in [1.807, 2.05) is 42.5 Å². The molecule has 1 aliphatic heterocycles. The molecule has 1 heterocycles. The molecule has 0 unspecified atom stereocenters. The van der Waals surface area contributed by atoms with Gasteiger partial charge in [-0.3, -0.25) is 19.4 Å². The second-order valence-corrected chi connectivity index (χ2v) is 10.3. The second-order valence-electron chi connectivity index (χ2n) is 10.3. The van der Waals surface area contributed by atoms with E-state index in [0.717, 1.165) is 18.4 Å². The lowest BCUT2D eigenvalue weighted by Crippen LogP contribution is -2.45. The first-order valence-electron chi connectivity index (χ1n) is 13.0. The third-order valence-electron chi connectivity index (χ3n) is 6.27. The fourth-order valence-corrected chi connectivity index (χ4v) is 4.16. The SMILES string of the molecule is CC(=O)OC1Cc2ccccc2C1.CC(C)(N)C(=O)C[C@H](COCc1ccccc1)C(=O)NC1=CNC=NC1. The highest BCUT2D eigenvalue weighted by molar-refractivity contribution is 5.92. The van der Waals surface area contributed by atoms with Gasteiger partial charge in [0.2, 0.25) is 5.91 Å². The van der Waals surface area contributed by atoms with Crippen molar-refractivity contribution in [3.8, 4) is 0 Å². The number of nitrogens with zero attached hydrogens (tertiary/aromatic N) is 1. The number of hydrogen-bond donors (Lipinski definition) is 3. The van der Waals surface area contributed by atoms with E-state index in [2.05, 4.69) is 27.8 Å². The van der Waals surface area contributed by atoms with Crippen molar-refractivity contribution in [3.05, 3.63) is 83.2 Å². The van der Waals surface area contributed by atoms with Crippen LogP contribution >= 0.6 is 0 Å². The third kappa shape index (κ3) is 10.1. The fourth-order valence-electron chi connectivity index (χ4n) is 4.16. The van der Waals surface area contributed by atoms with Gasteiger partial charge in [-0.25, -0.2) is 0 Å². The van der Waals surface area contributed by atoms with Crippen LogP contribution in [0.4, 0.5) is 0 Å². The standard InChI is InChI=1S/C19H26N4O3.C11H12O2/c1-19(2,20)17(24)8-15(12-26-11-14-6-4-3-5-7-14)18(25)23-16-9-21-13-22-10-16;1-8(12)13-11-6-9-4-2-3-5-10(9)7-11/h3-7,9,13,15H,8,10-12,20H2,1-2H3,(H,21,22)(H,23,25);2-5,11H,6-7H2,1H3/t15-;/m1./s1. The zero-order valence-electron chi connectivity index (χ0n) is 22.8. The number of amides is 1. The van der Waals surface area contributed by atoms with Crippen molar-refractivity contribution in [2.75, 3.05) is 13.2 Å². The normalized spacial score (nSPS) is 15.1. The maximum Gasteiger partial charge on any atom is 0.302 e. The minimum absolute atomic E-state index is 0.0219. The van der Waals surface area contributed by atoms with Gasteiger partial charge in [-0.2, -0.15) is 0 Å². The lowest BCUT2D eigenvalue weighted by atomic mass is 9.91. The average Bonchev–Trinajstić information content (AvgIpc) is 3.30. The minimum atomic E-state index is -0.992. The molecule has 0 saturated heterocycles. The van der Waals surface area contributed by atoms with Gasteiger partial charge >= 0.3 is 5.97 Å². The number of hydrogen-bond acceptors (Lipinski definition) is 8. The number of ether oxygens (including phenoxy) is 2. The first-order valence-corrected chi connectivity index (χ1v) is 13.0. The van der Waals surface area contributed by atoms with E-state index in [9.17, 15) is 14.4 Å². The van der Waals surface area contributed by atoms with Crippen molar-refractivity contribution < 1.29 is 23.9 Å². The van der Waals surface area contributed by atoms with E-state index < -0.39 is 11.5 Å². The Kier molecular flexibility index (Phi) is 11.0. The quantitative estimate of drug-likeness (QED) is 0.399. The highest BCUT2D eigenvalue weighted by Gasteiger charge is 2.29. The molecule has 0 fully saturated rings. The molecule has 1 atom stereocenters. The molecule has 2 aromatic carbocycles. The summed E-state index contributed by atoms with van der Waals surface area (Å²) in [5.74, 6) is -1.27. The number of Topliss-reactive ketones (excluding diaryl/α,β-unsaturated/α-hetero) is 1. The zero-order valence-corrected chi connectivity index (χ0v) is 22.8. The maximum atomic E-state index is 12.6. The Hall–Kier alpha value is -3.82. The van der Waals surface area contributed by atoms with E-state index in [1.165, 1.54) is 18.1 Å². The fraction of sp³-hybridized carbons (Fsp3) is 0.400. The van der Waals surface area contributed by atoms with Crippen molar-refractivity contribution >= 4 is 24.0 Å². The molecule has 0 spiro atoms. The van der Waals surface area contributed by atoms with Crippen LogP contribution in [0, 0.1) is 5.92 Å². The summed E-state index contributed by atoms with van der Waals surface area (Å²) in [6, 6.07) is 17.9. The van der Waals surface area contributed by atoms with Crippen LogP contribution in [0.3, 0.4) is 0 Å². The number of aliphatic imine (C=N–C) groups is 1. The molecular weight excluding hydrogens is 496 g/mol. The maximum absolute atomic E-state index is 12.6. The van der Waals surface area contributed by atoms with E-state index >= 15 is 0 Å². The van der Waals surface area contributed by atoms with Gasteiger partial charge in [0.15, 0.2) is 5.78 Å². The summed E-state index contributed by atoms with van der Waals surface area (Å²) >= 11 is 0. The predicted molar refractivity (Wildman–Crippen MR) is 150 cm³/mol. The van der Waals surface area contributed by atoms with Crippen molar-refractivity contribution in [2.24, 2.45) is 16.6 Å². The van der Waals surface area contributed by atoms with Gasteiger partial charge in [-0.1, -0.05) is 54.6 Å². The molecule has 39 heavy (non-hydrogen) atoms. The van der Waals surface area contributed by atoms with Gasteiger partial charge in [-0.05, 0) is 30.5 Å². The van der Waals surface area contributed by atoms with Crippen LogP contribution in [-0.2, 0) is 43.3 Å². The van der Waals surface area contributed by atoms with Crippen molar-refractivity contribution in [2.45, 2.75) is 58.3 Å². The molecular formula is C30H38N4O5. The molecule has 0 bridgehead atoms. The smallest absolute Gasteiger partial charge is 0.302 e. The van der Waals surface area contributed by atoms with E-state index in [1.54, 1.807) is 26.4 Å². The summed E-state index contributed by atoms with van der Waals surface area (Å²) in [5, 5.41) is 5.62. The number of nitrogens with one attached hydrogen (secondary N) is 2. The Morgan fingerprint density at radius 3 is 2.28 bits per heavy atom. The van der Waals surface area contributed by atoms with Gasteiger partial charge in [0.25, 0.3) is 0 Å². The number of ketones is 1. The van der Waals surface area contributed by atoms with Crippen LogP contribution in [0.2, 0.25) is 0 Å². The molecule has 0 saturated carbocycles. The number of carbonyl (C=O) groups is 3. The molecule has 208 valence electrons. The number of nitrogens with two attached hydrogens (primary N) is 1. The third-order valence-corrected chi connectivity index (χ3v) is 6.27. The molecule has 0 aromatic heterocycles. The van der Waals surface area contributed by atoms with Gasteiger partial charge in [0.1, 0.15) is 6.10 Å². The van der Waals surface area contributed by atoms with E-state index in [4.69, 9.17) is 15.2 Å². The topological polar surface area (TPSA) is 132 Å². The number of carbonyl (C=O) groups excluding carboxylic acids is 3. The zero-order chi connectivity index (χ0) is 28.3. The highest BCUT2D eigenvalue weighted by Crippen LogP contribution is 2.23. The molecule has 2 aliphatic rings. The van der Waals surface area contributed by atoms with Gasteiger partial charge in [-0.15, -0.1) is 0 Å². The Bertz CT molecular complexity index is 1160. The van der Waals surface area contributed by atoms with Crippen molar-refractivity contribution in [1.29, 1.82) is 0 Å². The van der Waals surface area contributed by atoms with E-state index in [-0.39, 0.29) is 36.8 Å². The van der Waals surface area contributed by atoms with Crippen LogP contribution < -0.4 is 16.4 Å². The van der Waals surface area contributed by atoms with Crippen LogP contribution in [0.5, 0.6) is 0 Å². The predicted octanol–water partition coefficient (Wildman–Crippen LogP) is 2.82. The highest BCUT2D eigenvalue weighted by atomic mass is 16.5. The Labute approximate surface area is 229 Å². The van der Waals surface area contributed by atoms with Crippen LogP contribution in [0.15, 0.2) is 71.5 Å². The average molecular weight is 535 g/mol. The summed E-state index contributed by atoms with van der Waals surface area (Å²) in [7, 11) is 0. The molecule has 1 aliphatic carbocycles. The Morgan fingerprint density at radius 1 is 1.08 bits per heavy atom. The number of benzene rings is 2. The first kappa shape index (κ1) is 29.7. The van der Waals surface area contributed by atoms with E-state index in [0.29, 0.717) is 18.8 Å². The van der Waals surface area contributed by atoms with Crippen molar-refractivity contribution in [3.63, 3.8) is 0 Å². The Balaban J connectivity index is 0.000000268. The number of esters is 1. The van der Waals surface area contributed by atoms with Gasteiger partial charge in [0.05, 0.1) is 43.3 Å². The summed E-state index contributed by atoms with van der Waals surface area (Å²) in [6.07, 6.45) is 5.05. The Morgan fingerprint density at radius 2 is 1.72 bits per heavy atom. The molecule has 9 heteroatoms. The molecule has 4 rings (SSSR count). The van der Waals surface area contributed by atoms with Crippen LogP contribution in [-0.4, -0.2) is 48.8 Å². The van der Waals surface area contributed by atoms with Gasteiger partial charge in [0, 0.05) is 32.4 Å². The summed E-state index contributed by atoms with van der Waals surface area (Å²) in [6.45, 7) is 5.62. The summed E-state index contributed by atoms with van der Waals surface area (Å²) in [4.78, 5) is 39.7. The summed E-state index contributed by atoms with van der Waals surface area (Å²) < 4.78 is 10.8. The van der Waals surface area contributed by atoms with Crippen LogP contribution in [0.1, 0.15) is 43.9 Å². The number of fused-ring (bicyclic) bond motifs is 1. The largest absolute Gasteiger partial charge is 0.462 e. The summed E-state index contributed by atoms with van der Waals surface area (Å²) in [5.41, 5.74) is 9.15. The lowest BCUT2D eigenvalue weighted by molar-refractivity contribution is -0.145. The minimum Gasteiger partial charge on any atom is -0.462 e. The first-order chi connectivity index (χ1) is 18.6. The second kappa shape index (κ2) is 14.4. The molecule has 2 aromatic rings. The monoisotopic (exact) mass is 534 g/mol. The molecule has 0 radical (unpaired) electrons. The lowest BCUT2D eigenvalue weighted by Gasteiger charge is -2.22. The van der Waals surface area contributed by atoms with Crippen molar-refractivity contribution in [1.82, 2.24) is 10.6 Å². The molecule has 9 nitrogen and oxygen atoms in total. The van der Waals surface area contributed by atoms with Gasteiger partial charge < -0.3 is 25.8 Å². The van der Waals surface area contributed by atoms with Crippen LogP contribution in [0.25, 0.3) is 0 Å². The molecule has 1 amide bonds. The number of rotatable bonds is 10.